The van der Waals surface area contributed by atoms with E-state index in [1.165, 1.54) is 0 Å². The van der Waals surface area contributed by atoms with Gasteiger partial charge in [0.05, 0.1) is 24.7 Å². The fraction of sp³-hybridized carbons (Fsp3) is 0.727. The van der Waals surface area contributed by atoms with Crippen LogP contribution in [0.5, 0.6) is 0 Å². The van der Waals surface area contributed by atoms with Crippen LogP contribution < -0.4 is 0 Å². The summed E-state index contributed by atoms with van der Waals surface area (Å²) in [4.78, 5) is 15.5. The van der Waals surface area contributed by atoms with Crippen LogP contribution in [0, 0.1) is 0 Å². The van der Waals surface area contributed by atoms with E-state index in [0.717, 1.165) is 19.3 Å². The van der Waals surface area contributed by atoms with E-state index in [9.17, 15) is 4.79 Å². The third kappa shape index (κ3) is 1.82. The molecule has 1 aromatic rings. The third-order valence-electron chi connectivity index (χ3n) is 3.33. The second-order valence-electron chi connectivity index (χ2n) is 4.39. The van der Waals surface area contributed by atoms with Crippen molar-refractivity contribution in [1.29, 1.82) is 0 Å². The van der Waals surface area contributed by atoms with Gasteiger partial charge in [-0.05, 0) is 26.2 Å². The summed E-state index contributed by atoms with van der Waals surface area (Å²) in [6.07, 6.45) is 3.59. The van der Waals surface area contributed by atoms with Crippen LogP contribution in [0.4, 0.5) is 0 Å². The van der Waals surface area contributed by atoms with Crippen molar-refractivity contribution in [2.75, 3.05) is 6.61 Å². The molecule has 3 atom stereocenters. The van der Waals surface area contributed by atoms with Gasteiger partial charge in [0.1, 0.15) is 0 Å². The van der Waals surface area contributed by atoms with Crippen LogP contribution in [-0.4, -0.2) is 34.9 Å². The Bertz CT molecular complexity index is 431. The van der Waals surface area contributed by atoms with Crippen molar-refractivity contribution in [3.05, 3.63) is 11.7 Å². The Balaban J connectivity index is 1.74. The van der Waals surface area contributed by atoms with Crippen LogP contribution in [0.1, 0.15) is 48.6 Å². The number of aromatic nitrogens is 2. The minimum Gasteiger partial charge on any atom is -0.459 e. The van der Waals surface area contributed by atoms with E-state index in [2.05, 4.69) is 10.1 Å². The second-order valence-corrected chi connectivity index (χ2v) is 4.39. The summed E-state index contributed by atoms with van der Waals surface area (Å²) in [7, 11) is 0. The summed E-state index contributed by atoms with van der Waals surface area (Å²) in [5.74, 6) is 0.112. The lowest BCUT2D eigenvalue weighted by atomic mass is 9.89. The van der Waals surface area contributed by atoms with E-state index in [-0.39, 0.29) is 17.9 Å². The molecule has 0 amide bonds. The van der Waals surface area contributed by atoms with E-state index in [1.54, 1.807) is 6.92 Å². The molecule has 6 nitrogen and oxygen atoms in total. The van der Waals surface area contributed by atoms with Crippen LogP contribution >= 0.6 is 0 Å². The molecule has 0 radical (unpaired) electrons. The van der Waals surface area contributed by atoms with Gasteiger partial charge in [-0.3, -0.25) is 0 Å². The summed E-state index contributed by atoms with van der Waals surface area (Å²) in [6.45, 7) is 2.03. The first kappa shape index (κ1) is 10.7. The smallest absolute Gasteiger partial charge is 0.397 e. The molecule has 2 aliphatic rings. The van der Waals surface area contributed by atoms with Gasteiger partial charge in [0.15, 0.2) is 5.82 Å². The molecule has 3 heterocycles. The fourth-order valence-corrected chi connectivity index (χ4v) is 2.57. The second kappa shape index (κ2) is 4.10. The maximum atomic E-state index is 11.4. The summed E-state index contributed by atoms with van der Waals surface area (Å²) in [6, 6.07) is 0. The predicted molar refractivity (Wildman–Crippen MR) is 55.5 cm³/mol. The van der Waals surface area contributed by atoms with Crippen molar-refractivity contribution in [2.45, 2.75) is 44.3 Å². The van der Waals surface area contributed by atoms with Gasteiger partial charge in [0, 0.05) is 0 Å². The van der Waals surface area contributed by atoms with E-state index in [4.69, 9.17) is 14.0 Å². The van der Waals surface area contributed by atoms with Gasteiger partial charge in [0.25, 0.3) is 0 Å². The molecule has 2 fully saturated rings. The molecule has 6 heteroatoms. The van der Waals surface area contributed by atoms with E-state index < -0.39 is 5.97 Å². The first-order valence-corrected chi connectivity index (χ1v) is 5.94. The number of nitrogens with zero attached hydrogens (tertiary/aromatic N) is 2. The van der Waals surface area contributed by atoms with Gasteiger partial charge in [-0.1, -0.05) is 5.16 Å². The molecule has 0 aliphatic carbocycles. The standard InChI is InChI=1S/C11H14N2O4/c1-2-15-11(14)10-12-9(13-17-10)7-5-6-3-4-8(7)16-6/h6-8H,2-5H2,1H3. The van der Waals surface area contributed by atoms with E-state index in [1.807, 2.05) is 0 Å². The highest BCUT2D eigenvalue weighted by molar-refractivity contribution is 5.83. The summed E-state index contributed by atoms with van der Waals surface area (Å²) >= 11 is 0. The van der Waals surface area contributed by atoms with Crippen molar-refractivity contribution in [3.63, 3.8) is 0 Å². The number of hydrogen-bond acceptors (Lipinski definition) is 6. The number of carbonyl (C=O) groups excluding carboxylic acids is 1. The van der Waals surface area contributed by atoms with Crippen LogP contribution in [-0.2, 0) is 9.47 Å². The number of fused-ring (bicyclic) bond motifs is 2. The molecule has 2 bridgehead atoms. The van der Waals surface area contributed by atoms with Crippen molar-refractivity contribution in [1.82, 2.24) is 10.1 Å². The Morgan fingerprint density at radius 3 is 3.06 bits per heavy atom. The van der Waals surface area contributed by atoms with Crippen molar-refractivity contribution in [3.8, 4) is 0 Å². The molecular weight excluding hydrogens is 224 g/mol. The first-order valence-electron chi connectivity index (χ1n) is 5.94. The maximum Gasteiger partial charge on any atom is 0.397 e. The topological polar surface area (TPSA) is 74.5 Å². The molecule has 0 spiro atoms. The average Bonchev–Trinajstić information content (AvgIpc) is 3.05. The largest absolute Gasteiger partial charge is 0.459 e. The molecule has 0 saturated carbocycles. The molecule has 2 saturated heterocycles. The van der Waals surface area contributed by atoms with Gasteiger partial charge < -0.3 is 14.0 Å². The molecule has 92 valence electrons. The summed E-state index contributed by atoms with van der Waals surface area (Å²) < 4.78 is 15.4. The van der Waals surface area contributed by atoms with Crippen LogP contribution in [0.25, 0.3) is 0 Å². The van der Waals surface area contributed by atoms with Gasteiger partial charge in [-0.25, -0.2) is 4.79 Å². The zero-order valence-corrected chi connectivity index (χ0v) is 9.59. The number of hydrogen-bond donors (Lipinski definition) is 0. The lowest BCUT2D eigenvalue weighted by Crippen LogP contribution is -2.16. The minimum atomic E-state index is -0.560. The molecule has 0 N–H and O–H groups in total. The highest BCUT2D eigenvalue weighted by atomic mass is 16.6. The zero-order valence-electron chi connectivity index (χ0n) is 9.59. The van der Waals surface area contributed by atoms with Gasteiger partial charge in [-0.15, -0.1) is 0 Å². The number of rotatable bonds is 3. The Hall–Kier alpha value is -1.43. The molecular formula is C11H14N2O4. The molecule has 1 aromatic heterocycles. The predicted octanol–water partition coefficient (Wildman–Crippen LogP) is 1.28. The lowest BCUT2D eigenvalue weighted by Gasteiger charge is -2.13. The fourth-order valence-electron chi connectivity index (χ4n) is 2.57. The van der Waals surface area contributed by atoms with Crippen LogP contribution in [0.3, 0.4) is 0 Å². The van der Waals surface area contributed by atoms with E-state index >= 15 is 0 Å². The average molecular weight is 238 g/mol. The Morgan fingerprint density at radius 2 is 2.41 bits per heavy atom. The van der Waals surface area contributed by atoms with E-state index in [0.29, 0.717) is 18.5 Å². The van der Waals surface area contributed by atoms with Crippen molar-refractivity contribution in [2.24, 2.45) is 0 Å². The SMILES string of the molecule is CCOC(=O)c1nc(C2CC3CCC2O3)no1. The Morgan fingerprint density at radius 1 is 1.53 bits per heavy atom. The quantitative estimate of drug-likeness (QED) is 0.738. The molecule has 3 rings (SSSR count). The number of esters is 1. The highest BCUT2D eigenvalue weighted by Gasteiger charge is 2.43. The van der Waals surface area contributed by atoms with Gasteiger partial charge in [0.2, 0.25) is 0 Å². The minimum absolute atomic E-state index is 0.0652. The Kier molecular flexibility index (Phi) is 2.58. The zero-order chi connectivity index (χ0) is 11.8. The van der Waals surface area contributed by atoms with Gasteiger partial charge in [-0.2, -0.15) is 4.98 Å². The maximum absolute atomic E-state index is 11.4. The number of ether oxygens (including phenoxy) is 2. The normalized spacial score (nSPS) is 30.8. The summed E-state index contributed by atoms with van der Waals surface area (Å²) in [5, 5.41) is 3.85. The Labute approximate surface area is 98.3 Å². The van der Waals surface area contributed by atoms with Crippen LogP contribution in [0.2, 0.25) is 0 Å². The molecule has 17 heavy (non-hydrogen) atoms. The lowest BCUT2D eigenvalue weighted by molar-refractivity contribution is 0.0470. The molecule has 2 aliphatic heterocycles. The van der Waals surface area contributed by atoms with Crippen molar-refractivity contribution < 1.29 is 18.8 Å². The first-order chi connectivity index (χ1) is 8.28. The third-order valence-corrected chi connectivity index (χ3v) is 3.33. The molecule has 0 aromatic carbocycles. The monoisotopic (exact) mass is 238 g/mol. The van der Waals surface area contributed by atoms with Crippen LogP contribution in [0.15, 0.2) is 4.52 Å². The number of carbonyl (C=O) groups is 1. The summed E-state index contributed by atoms with van der Waals surface area (Å²) in [5.41, 5.74) is 0. The van der Waals surface area contributed by atoms with Gasteiger partial charge >= 0.3 is 11.9 Å². The molecule has 3 unspecified atom stereocenters. The highest BCUT2D eigenvalue weighted by Crippen LogP contribution is 2.43. The van der Waals surface area contributed by atoms with Crippen molar-refractivity contribution >= 4 is 5.97 Å².